The van der Waals surface area contributed by atoms with Gasteiger partial charge >= 0.3 is 5.69 Å². The lowest BCUT2D eigenvalue weighted by atomic mass is 10.3. The highest BCUT2D eigenvalue weighted by Gasteiger charge is 2.36. The lowest BCUT2D eigenvalue weighted by molar-refractivity contribution is 0.213. The molecule has 26 heavy (non-hydrogen) atoms. The Balaban J connectivity index is 1.85. The monoisotopic (exact) mass is 380 g/mol. The van der Waals surface area contributed by atoms with Crippen LogP contribution in [0.15, 0.2) is 39.0 Å². The maximum Gasteiger partial charge on any atom is 0.330 e. The molecule has 140 valence electrons. The van der Waals surface area contributed by atoms with Gasteiger partial charge in [-0.25, -0.2) is 13.2 Å². The quantitative estimate of drug-likeness (QED) is 0.717. The van der Waals surface area contributed by atoms with E-state index in [0.29, 0.717) is 12.2 Å². The summed E-state index contributed by atoms with van der Waals surface area (Å²) < 4.78 is 34.7. The van der Waals surface area contributed by atoms with E-state index >= 15 is 0 Å². The fourth-order valence-corrected chi connectivity index (χ4v) is 4.51. The van der Waals surface area contributed by atoms with Gasteiger partial charge in [0.05, 0.1) is 12.2 Å². The molecule has 0 unspecified atom stereocenters. The van der Waals surface area contributed by atoms with Gasteiger partial charge in [-0.15, -0.1) is 0 Å². The molecule has 1 aliphatic heterocycles. The summed E-state index contributed by atoms with van der Waals surface area (Å²) in [7, 11) is -1.36. The second-order valence-electron chi connectivity index (χ2n) is 6.23. The smallest absolute Gasteiger partial charge is 0.330 e. The van der Waals surface area contributed by atoms with Crippen molar-refractivity contribution in [1.82, 2.24) is 18.4 Å². The van der Waals surface area contributed by atoms with Crippen molar-refractivity contribution < 1.29 is 13.2 Å². The molecule has 0 spiro atoms. The zero-order valence-corrected chi connectivity index (χ0v) is 15.6. The molecule has 2 aromatic rings. The minimum absolute atomic E-state index is 0.128. The first-order valence-electron chi connectivity index (χ1n) is 8.07. The number of rotatable bonds is 4. The molecule has 0 aliphatic carbocycles. The summed E-state index contributed by atoms with van der Waals surface area (Å²) in [5, 5.41) is 0. The minimum Gasteiger partial charge on any atom is -0.487 e. The van der Waals surface area contributed by atoms with Crippen molar-refractivity contribution in [2.75, 3.05) is 13.1 Å². The van der Waals surface area contributed by atoms with Crippen molar-refractivity contribution in [3.63, 3.8) is 0 Å². The molecular formula is C16H20N4O5S. The Morgan fingerprint density at radius 1 is 1.27 bits per heavy atom. The van der Waals surface area contributed by atoms with Crippen LogP contribution in [0.2, 0.25) is 0 Å². The Kier molecular flexibility index (Phi) is 4.72. The molecule has 3 rings (SSSR count). The van der Waals surface area contributed by atoms with Crippen molar-refractivity contribution in [3.8, 4) is 5.75 Å². The van der Waals surface area contributed by atoms with Gasteiger partial charge in [0.2, 0.25) is 10.0 Å². The number of aromatic nitrogens is 3. The van der Waals surface area contributed by atoms with Gasteiger partial charge in [0.25, 0.3) is 5.56 Å². The number of ether oxygens (including phenoxy) is 1. The van der Waals surface area contributed by atoms with E-state index in [0.717, 1.165) is 21.0 Å². The van der Waals surface area contributed by atoms with Gasteiger partial charge in [0, 0.05) is 33.0 Å². The summed E-state index contributed by atoms with van der Waals surface area (Å²) in [5.41, 5.74) is -0.690. The predicted octanol–water partition coefficient (Wildman–Crippen LogP) is -0.371. The van der Waals surface area contributed by atoms with E-state index < -0.39 is 26.2 Å². The third-order valence-electron chi connectivity index (χ3n) is 4.39. The molecule has 0 radical (unpaired) electrons. The SMILES string of the molecule is Cc1ncccc1O[C@H]1CCN(S(=O)(=O)c2cn(C)c(=O)n(C)c2=O)C1. The van der Waals surface area contributed by atoms with Gasteiger partial charge in [0.1, 0.15) is 11.9 Å². The summed E-state index contributed by atoms with van der Waals surface area (Å²) in [6.07, 6.45) is 2.89. The van der Waals surface area contributed by atoms with Crippen LogP contribution in [0, 0.1) is 6.92 Å². The van der Waals surface area contributed by atoms with Crippen LogP contribution < -0.4 is 16.0 Å². The lowest BCUT2D eigenvalue weighted by Crippen LogP contribution is -2.42. The predicted molar refractivity (Wildman–Crippen MR) is 93.7 cm³/mol. The van der Waals surface area contributed by atoms with Crippen LogP contribution >= 0.6 is 0 Å². The Morgan fingerprint density at radius 3 is 2.69 bits per heavy atom. The fraction of sp³-hybridized carbons (Fsp3) is 0.438. The van der Waals surface area contributed by atoms with Gasteiger partial charge in [0.15, 0.2) is 4.90 Å². The maximum atomic E-state index is 12.9. The molecule has 1 fully saturated rings. The fourth-order valence-electron chi connectivity index (χ4n) is 2.88. The van der Waals surface area contributed by atoms with Gasteiger partial charge in [-0.3, -0.25) is 14.3 Å². The average Bonchev–Trinajstić information content (AvgIpc) is 3.07. The van der Waals surface area contributed by atoms with Crippen LogP contribution in [-0.4, -0.2) is 46.0 Å². The van der Waals surface area contributed by atoms with Gasteiger partial charge in [-0.1, -0.05) is 0 Å². The van der Waals surface area contributed by atoms with Crippen LogP contribution in [0.4, 0.5) is 0 Å². The molecule has 10 heteroatoms. The van der Waals surface area contributed by atoms with E-state index in [2.05, 4.69) is 4.98 Å². The van der Waals surface area contributed by atoms with Crippen molar-refractivity contribution in [3.05, 3.63) is 51.1 Å². The normalized spacial score (nSPS) is 18.2. The van der Waals surface area contributed by atoms with Crippen LogP contribution in [-0.2, 0) is 24.1 Å². The first kappa shape index (κ1) is 18.3. The van der Waals surface area contributed by atoms with E-state index in [4.69, 9.17) is 4.74 Å². The lowest BCUT2D eigenvalue weighted by Gasteiger charge is -2.18. The standard InChI is InChI=1S/C16H20N4O5S/c1-11-13(5-4-7-17-11)25-12-6-8-20(9-12)26(23,24)14-10-18(2)16(22)19(3)15(14)21/h4-5,7,10,12H,6,8-9H2,1-3H3/t12-/m0/s1. The molecule has 1 saturated heterocycles. The topological polar surface area (TPSA) is 104 Å². The number of pyridine rings is 1. The summed E-state index contributed by atoms with van der Waals surface area (Å²) >= 11 is 0. The molecule has 1 atom stereocenters. The number of nitrogens with zero attached hydrogens (tertiary/aromatic N) is 4. The second-order valence-corrected chi connectivity index (χ2v) is 8.14. The Labute approximate surface area is 150 Å². The van der Waals surface area contributed by atoms with E-state index in [-0.39, 0.29) is 19.2 Å². The maximum absolute atomic E-state index is 12.9. The number of hydrogen-bond acceptors (Lipinski definition) is 6. The molecule has 0 saturated carbocycles. The minimum atomic E-state index is -4.02. The Morgan fingerprint density at radius 2 is 2.00 bits per heavy atom. The highest BCUT2D eigenvalue weighted by molar-refractivity contribution is 7.89. The van der Waals surface area contributed by atoms with Gasteiger partial charge in [-0.2, -0.15) is 4.31 Å². The van der Waals surface area contributed by atoms with E-state index in [1.54, 1.807) is 18.3 Å². The molecule has 0 N–H and O–H groups in total. The van der Waals surface area contributed by atoms with Crippen LogP contribution in [0.1, 0.15) is 12.1 Å². The Hall–Kier alpha value is -2.46. The molecule has 1 aliphatic rings. The number of aryl methyl sites for hydroxylation is 2. The number of sulfonamides is 1. The summed E-state index contributed by atoms with van der Waals surface area (Å²) in [5.74, 6) is 0.606. The molecule has 0 aromatic carbocycles. The number of hydrogen-bond donors (Lipinski definition) is 0. The van der Waals surface area contributed by atoms with E-state index in [9.17, 15) is 18.0 Å². The van der Waals surface area contributed by atoms with Crippen molar-refractivity contribution in [2.24, 2.45) is 14.1 Å². The second kappa shape index (κ2) is 6.69. The van der Waals surface area contributed by atoms with E-state index in [1.807, 2.05) is 6.92 Å². The first-order chi connectivity index (χ1) is 12.2. The summed E-state index contributed by atoms with van der Waals surface area (Å²) in [4.78, 5) is 27.8. The zero-order chi connectivity index (χ0) is 19.1. The average molecular weight is 380 g/mol. The summed E-state index contributed by atoms with van der Waals surface area (Å²) in [6.45, 7) is 2.17. The van der Waals surface area contributed by atoms with Crippen LogP contribution in [0.5, 0.6) is 5.75 Å². The van der Waals surface area contributed by atoms with Crippen molar-refractivity contribution in [1.29, 1.82) is 0 Å². The van der Waals surface area contributed by atoms with Gasteiger partial charge < -0.3 is 9.30 Å². The Bertz CT molecular complexity index is 1060. The molecule has 3 heterocycles. The van der Waals surface area contributed by atoms with Gasteiger partial charge in [-0.05, 0) is 25.5 Å². The summed E-state index contributed by atoms with van der Waals surface area (Å²) in [6, 6.07) is 3.53. The van der Waals surface area contributed by atoms with E-state index in [1.165, 1.54) is 18.4 Å². The molecule has 0 bridgehead atoms. The zero-order valence-electron chi connectivity index (χ0n) is 14.7. The molecule has 2 aromatic heterocycles. The highest BCUT2D eigenvalue weighted by Crippen LogP contribution is 2.23. The van der Waals surface area contributed by atoms with Crippen molar-refractivity contribution in [2.45, 2.75) is 24.3 Å². The largest absolute Gasteiger partial charge is 0.487 e. The molecule has 0 amide bonds. The molecular weight excluding hydrogens is 360 g/mol. The van der Waals surface area contributed by atoms with Crippen molar-refractivity contribution >= 4 is 10.0 Å². The van der Waals surface area contributed by atoms with Crippen LogP contribution in [0.3, 0.4) is 0 Å². The third kappa shape index (κ3) is 3.17. The highest BCUT2D eigenvalue weighted by atomic mass is 32.2. The van der Waals surface area contributed by atoms with Crippen LogP contribution in [0.25, 0.3) is 0 Å². The first-order valence-corrected chi connectivity index (χ1v) is 9.51. The molecule has 9 nitrogen and oxygen atoms in total. The third-order valence-corrected chi connectivity index (χ3v) is 6.24.